The summed E-state index contributed by atoms with van der Waals surface area (Å²) in [5.41, 5.74) is 5.05. The first-order valence-electron chi connectivity index (χ1n) is 5.41. The van der Waals surface area contributed by atoms with E-state index in [4.69, 9.17) is 5.73 Å². The number of nitrogens with two attached hydrogens (primary N) is 1. The molecule has 0 fully saturated rings. The molecular weight excluding hydrogens is 293 g/mol. The van der Waals surface area contributed by atoms with E-state index in [0.717, 1.165) is 11.4 Å². The molecule has 1 aromatic rings. The molecule has 0 aliphatic rings. The third-order valence-corrected chi connectivity index (χ3v) is 3.48. The summed E-state index contributed by atoms with van der Waals surface area (Å²) in [6.45, 7) is 6.06. The van der Waals surface area contributed by atoms with E-state index < -0.39 is 5.41 Å². The zero-order valence-corrected chi connectivity index (χ0v) is 13.3. The highest BCUT2D eigenvalue weighted by Crippen LogP contribution is 2.21. The zero-order chi connectivity index (χ0) is 12.2. The molecule has 1 atom stereocenters. The molecule has 0 radical (unpaired) electrons. The number of aromatic nitrogens is 1. The fourth-order valence-corrected chi connectivity index (χ4v) is 1.96. The molecule has 0 aromatic carbocycles. The molecule has 1 amide bonds. The van der Waals surface area contributed by atoms with Gasteiger partial charge in [-0.05, 0) is 20.3 Å². The first-order valence-corrected chi connectivity index (χ1v) is 6.29. The van der Waals surface area contributed by atoms with Crippen molar-refractivity contribution in [2.75, 3.05) is 6.54 Å². The number of halogens is 2. The van der Waals surface area contributed by atoms with Gasteiger partial charge in [-0.15, -0.1) is 36.2 Å². The van der Waals surface area contributed by atoms with E-state index in [9.17, 15) is 4.79 Å². The highest BCUT2D eigenvalue weighted by Gasteiger charge is 2.28. The molecule has 7 heteroatoms. The van der Waals surface area contributed by atoms with Crippen LogP contribution in [0.3, 0.4) is 0 Å². The van der Waals surface area contributed by atoms with Gasteiger partial charge in [0.15, 0.2) is 0 Å². The van der Waals surface area contributed by atoms with Gasteiger partial charge in [-0.2, -0.15) is 0 Å². The lowest BCUT2D eigenvalue weighted by Crippen LogP contribution is -2.43. The second-order valence-corrected chi connectivity index (χ2v) is 5.32. The van der Waals surface area contributed by atoms with Crippen molar-refractivity contribution in [1.82, 2.24) is 10.3 Å². The first-order chi connectivity index (χ1) is 7.51. The topological polar surface area (TPSA) is 68.0 Å². The van der Waals surface area contributed by atoms with Crippen LogP contribution in [0.4, 0.5) is 0 Å². The molecule has 3 N–H and O–H groups in total. The number of nitrogens with zero attached hydrogens (tertiary/aromatic N) is 1. The van der Waals surface area contributed by atoms with Crippen molar-refractivity contribution >= 4 is 42.1 Å². The third kappa shape index (κ3) is 5.10. The van der Waals surface area contributed by atoms with Gasteiger partial charge in [-0.25, -0.2) is 4.98 Å². The molecule has 0 aliphatic carbocycles. The van der Waals surface area contributed by atoms with Gasteiger partial charge in [-0.3, -0.25) is 4.79 Å². The number of hydrogen-bond donors (Lipinski definition) is 2. The highest BCUT2D eigenvalue weighted by molar-refractivity contribution is 7.09. The maximum Gasteiger partial charge on any atom is 0.227 e. The summed E-state index contributed by atoms with van der Waals surface area (Å²) < 4.78 is 0. The van der Waals surface area contributed by atoms with Gasteiger partial charge in [0.25, 0.3) is 0 Å². The summed E-state index contributed by atoms with van der Waals surface area (Å²) in [6.07, 6.45) is 2.59. The molecule has 0 saturated carbocycles. The standard InChI is InChI=1S/C11H19N3OS.2ClH/c1-4-8(9-13-5-6-16-9)14-10(15)11(2,3)7-12;;/h5-6,8H,4,7,12H2,1-3H3,(H,14,15);2*1H. The van der Waals surface area contributed by atoms with Crippen LogP contribution >= 0.6 is 36.2 Å². The van der Waals surface area contributed by atoms with Crippen LogP contribution in [0.25, 0.3) is 0 Å². The molecule has 18 heavy (non-hydrogen) atoms. The number of hydrogen-bond acceptors (Lipinski definition) is 4. The van der Waals surface area contributed by atoms with E-state index in [1.807, 2.05) is 26.2 Å². The van der Waals surface area contributed by atoms with Crippen molar-refractivity contribution in [3.8, 4) is 0 Å². The average molecular weight is 314 g/mol. The molecule has 0 aliphatic heterocycles. The van der Waals surface area contributed by atoms with E-state index >= 15 is 0 Å². The predicted molar refractivity (Wildman–Crippen MR) is 80.6 cm³/mol. The van der Waals surface area contributed by atoms with Crippen molar-refractivity contribution in [1.29, 1.82) is 0 Å². The lowest BCUT2D eigenvalue weighted by molar-refractivity contribution is -0.129. The monoisotopic (exact) mass is 313 g/mol. The molecule has 1 rings (SSSR count). The van der Waals surface area contributed by atoms with Crippen LogP contribution < -0.4 is 11.1 Å². The lowest BCUT2D eigenvalue weighted by Gasteiger charge is -2.24. The normalized spacial score (nSPS) is 12.0. The van der Waals surface area contributed by atoms with E-state index in [-0.39, 0.29) is 36.8 Å². The van der Waals surface area contributed by atoms with Crippen LogP contribution in [0.1, 0.15) is 38.2 Å². The minimum absolute atomic E-state index is 0. The van der Waals surface area contributed by atoms with Crippen molar-refractivity contribution in [2.24, 2.45) is 11.1 Å². The number of amides is 1. The molecule has 0 spiro atoms. The Morgan fingerprint density at radius 3 is 2.56 bits per heavy atom. The fraction of sp³-hybridized carbons (Fsp3) is 0.636. The Labute approximate surface area is 125 Å². The van der Waals surface area contributed by atoms with Gasteiger partial charge in [0, 0.05) is 18.1 Å². The SMILES string of the molecule is CCC(NC(=O)C(C)(C)CN)c1nccs1.Cl.Cl. The molecule has 1 aromatic heterocycles. The minimum atomic E-state index is -0.523. The molecular formula is C11H21Cl2N3OS. The van der Waals surface area contributed by atoms with Gasteiger partial charge in [0.05, 0.1) is 11.5 Å². The maximum absolute atomic E-state index is 11.9. The second-order valence-electron chi connectivity index (χ2n) is 4.39. The molecule has 1 unspecified atom stereocenters. The van der Waals surface area contributed by atoms with Crippen molar-refractivity contribution in [3.63, 3.8) is 0 Å². The Kier molecular flexibility index (Phi) is 9.64. The van der Waals surface area contributed by atoms with E-state index in [1.165, 1.54) is 0 Å². The van der Waals surface area contributed by atoms with Gasteiger partial charge in [0.1, 0.15) is 5.01 Å². The summed E-state index contributed by atoms with van der Waals surface area (Å²) in [6, 6.07) is -0.00155. The van der Waals surface area contributed by atoms with E-state index in [1.54, 1.807) is 17.5 Å². The van der Waals surface area contributed by atoms with Gasteiger partial charge >= 0.3 is 0 Å². The smallest absolute Gasteiger partial charge is 0.227 e. The van der Waals surface area contributed by atoms with Gasteiger partial charge in [-0.1, -0.05) is 6.92 Å². The average Bonchev–Trinajstić information content (AvgIpc) is 2.78. The highest BCUT2D eigenvalue weighted by atomic mass is 35.5. The second kappa shape index (κ2) is 8.69. The van der Waals surface area contributed by atoms with Crippen LogP contribution in [0.5, 0.6) is 0 Å². The van der Waals surface area contributed by atoms with E-state index in [2.05, 4.69) is 10.3 Å². The van der Waals surface area contributed by atoms with Crippen LogP contribution in [0.15, 0.2) is 11.6 Å². The predicted octanol–water partition coefficient (Wildman–Crippen LogP) is 2.54. The summed E-state index contributed by atoms with van der Waals surface area (Å²) >= 11 is 1.56. The molecule has 4 nitrogen and oxygen atoms in total. The first kappa shape index (κ1) is 20.0. The van der Waals surface area contributed by atoms with Crippen LogP contribution in [0.2, 0.25) is 0 Å². The maximum atomic E-state index is 11.9. The van der Waals surface area contributed by atoms with Crippen LogP contribution in [-0.4, -0.2) is 17.4 Å². The number of rotatable bonds is 5. The summed E-state index contributed by atoms with van der Waals surface area (Å²) in [7, 11) is 0. The summed E-state index contributed by atoms with van der Waals surface area (Å²) in [5.74, 6) is -0.0166. The summed E-state index contributed by atoms with van der Waals surface area (Å²) in [5, 5.41) is 5.85. The number of carbonyl (C=O) groups is 1. The molecule has 0 bridgehead atoms. The van der Waals surface area contributed by atoms with Crippen LogP contribution in [-0.2, 0) is 4.79 Å². The lowest BCUT2D eigenvalue weighted by atomic mass is 9.92. The molecule has 1 heterocycles. The van der Waals surface area contributed by atoms with Crippen molar-refractivity contribution in [2.45, 2.75) is 33.2 Å². The van der Waals surface area contributed by atoms with E-state index in [0.29, 0.717) is 6.54 Å². The van der Waals surface area contributed by atoms with Crippen molar-refractivity contribution in [3.05, 3.63) is 16.6 Å². The zero-order valence-electron chi connectivity index (χ0n) is 10.8. The number of nitrogens with one attached hydrogen (secondary N) is 1. The molecule has 0 saturated heterocycles. The minimum Gasteiger partial charge on any atom is -0.346 e. The van der Waals surface area contributed by atoms with Crippen molar-refractivity contribution < 1.29 is 4.79 Å². The van der Waals surface area contributed by atoms with Gasteiger partial charge in [0.2, 0.25) is 5.91 Å². The fourth-order valence-electron chi connectivity index (χ4n) is 1.19. The van der Waals surface area contributed by atoms with Crippen LogP contribution in [0, 0.1) is 5.41 Å². The molecule has 106 valence electrons. The summed E-state index contributed by atoms with van der Waals surface area (Å²) in [4.78, 5) is 16.2. The largest absolute Gasteiger partial charge is 0.346 e. The number of carbonyl (C=O) groups excluding carboxylic acids is 1. The Balaban J connectivity index is 0. The quantitative estimate of drug-likeness (QED) is 0.877. The Morgan fingerprint density at radius 1 is 1.56 bits per heavy atom. The Morgan fingerprint density at radius 2 is 2.17 bits per heavy atom. The Hall–Kier alpha value is -0.360. The van der Waals surface area contributed by atoms with Gasteiger partial charge < -0.3 is 11.1 Å². The number of thiazole rings is 1. The Bertz CT molecular complexity index is 344. The third-order valence-electron chi connectivity index (χ3n) is 2.59.